The van der Waals surface area contributed by atoms with Crippen molar-refractivity contribution in [3.05, 3.63) is 54.2 Å². The maximum absolute atomic E-state index is 13.3. The lowest BCUT2D eigenvalue weighted by Gasteiger charge is -2.40. The van der Waals surface area contributed by atoms with E-state index in [2.05, 4.69) is 25.1 Å². The zero-order valence-electron chi connectivity index (χ0n) is 19.0. The Kier molecular flexibility index (Phi) is 6.61. The Bertz CT molecular complexity index is 1170. The summed E-state index contributed by atoms with van der Waals surface area (Å²) in [6, 6.07) is 7.09. The highest BCUT2D eigenvalue weighted by Gasteiger charge is 2.39. The van der Waals surface area contributed by atoms with Crippen molar-refractivity contribution in [2.75, 3.05) is 26.3 Å². The van der Waals surface area contributed by atoms with E-state index in [9.17, 15) is 22.8 Å². The second kappa shape index (κ2) is 9.49. The summed E-state index contributed by atoms with van der Waals surface area (Å²) in [6.07, 6.45) is -1.42. The highest BCUT2D eigenvalue weighted by atomic mass is 19.4. The minimum absolute atomic E-state index is 0.147. The van der Waals surface area contributed by atoms with E-state index >= 15 is 0 Å². The van der Waals surface area contributed by atoms with Crippen molar-refractivity contribution in [3.8, 4) is 11.4 Å². The van der Waals surface area contributed by atoms with Gasteiger partial charge in [0.2, 0.25) is 11.7 Å². The summed E-state index contributed by atoms with van der Waals surface area (Å²) >= 11 is 0. The Morgan fingerprint density at radius 1 is 1.20 bits per heavy atom. The molecule has 10 nitrogen and oxygen atoms in total. The number of nitrogens with zero attached hydrogens (tertiary/aromatic N) is 5. The molecule has 1 saturated heterocycles. The van der Waals surface area contributed by atoms with Crippen molar-refractivity contribution in [2.24, 2.45) is 0 Å². The van der Waals surface area contributed by atoms with Crippen LogP contribution >= 0.6 is 0 Å². The van der Waals surface area contributed by atoms with E-state index in [1.54, 1.807) is 41.9 Å². The maximum Gasteiger partial charge on any atom is 0.471 e. The Balaban J connectivity index is 1.39. The Hall–Kier alpha value is -3.74. The van der Waals surface area contributed by atoms with Crippen LogP contribution < -0.4 is 5.32 Å². The molecule has 1 atom stereocenters. The fourth-order valence-corrected chi connectivity index (χ4v) is 3.68. The second-order valence-corrected chi connectivity index (χ2v) is 8.45. The SMILES string of the molecule is CC(C)(C(=O)N1CCOC[C@@H]1CNC(=O)c1ccc(-c2noc(C(F)(F)F)n2)cc1)n1cccn1. The van der Waals surface area contributed by atoms with Gasteiger partial charge in [-0.2, -0.15) is 23.3 Å². The van der Waals surface area contributed by atoms with Crippen molar-refractivity contribution in [2.45, 2.75) is 31.6 Å². The number of benzene rings is 1. The molecule has 1 aromatic carbocycles. The van der Waals surface area contributed by atoms with Gasteiger partial charge in [-0.05, 0) is 32.0 Å². The van der Waals surface area contributed by atoms with Gasteiger partial charge in [-0.25, -0.2) is 0 Å². The number of carbonyl (C=O) groups is 2. The fourth-order valence-electron chi connectivity index (χ4n) is 3.68. The molecule has 3 aromatic rings. The molecular weight excluding hydrogens is 469 g/mol. The molecule has 1 aliphatic rings. The molecule has 2 amide bonds. The third-order valence-electron chi connectivity index (χ3n) is 5.66. The van der Waals surface area contributed by atoms with Crippen molar-refractivity contribution >= 4 is 11.8 Å². The summed E-state index contributed by atoms with van der Waals surface area (Å²) in [5.41, 5.74) is -0.376. The first-order valence-corrected chi connectivity index (χ1v) is 10.8. The fraction of sp³-hybridized carbons (Fsp3) is 0.409. The molecule has 0 radical (unpaired) electrons. The second-order valence-electron chi connectivity index (χ2n) is 8.45. The Morgan fingerprint density at radius 3 is 2.57 bits per heavy atom. The lowest BCUT2D eigenvalue weighted by atomic mass is 10.0. The standard InChI is InChI=1S/C22H23F3N6O4/c1-21(2,31-9-3-8-27-31)20(33)30-10-11-34-13-16(30)12-26-18(32)15-6-4-14(5-7-15)17-28-19(35-29-17)22(23,24)25/h3-9,16H,10-13H2,1-2H3,(H,26,32)/t16-/m0/s1. The number of amides is 2. The number of hydrogen-bond acceptors (Lipinski definition) is 7. The number of alkyl halides is 3. The normalized spacial score (nSPS) is 16.8. The third-order valence-corrected chi connectivity index (χ3v) is 5.66. The first kappa shape index (κ1) is 24.4. The zero-order chi connectivity index (χ0) is 25.2. The van der Waals surface area contributed by atoms with Gasteiger partial charge in [0.1, 0.15) is 5.54 Å². The van der Waals surface area contributed by atoms with Gasteiger partial charge in [0.25, 0.3) is 5.91 Å². The van der Waals surface area contributed by atoms with E-state index in [1.807, 2.05) is 0 Å². The molecule has 0 unspecified atom stereocenters. The van der Waals surface area contributed by atoms with Crippen molar-refractivity contribution in [3.63, 3.8) is 0 Å². The van der Waals surface area contributed by atoms with E-state index in [4.69, 9.17) is 4.74 Å². The summed E-state index contributed by atoms with van der Waals surface area (Å²) in [6.45, 7) is 4.73. The first-order valence-electron chi connectivity index (χ1n) is 10.8. The molecule has 1 N–H and O–H groups in total. The van der Waals surface area contributed by atoms with Crippen LogP contribution in [0.5, 0.6) is 0 Å². The van der Waals surface area contributed by atoms with E-state index in [0.717, 1.165) is 0 Å². The number of aromatic nitrogens is 4. The van der Waals surface area contributed by atoms with Crippen LogP contribution in [0, 0.1) is 0 Å². The van der Waals surface area contributed by atoms with Crippen LogP contribution in [-0.2, 0) is 21.2 Å². The van der Waals surface area contributed by atoms with Gasteiger partial charge in [-0.15, -0.1) is 0 Å². The van der Waals surface area contributed by atoms with Gasteiger partial charge in [0.05, 0.1) is 19.3 Å². The van der Waals surface area contributed by atoms with Gasteiger partial charge >= 0.3 is 12.1 Å². The smallest absolute Gasteiger partial charge is 0.377 e. The molecule has 186 valence electrons. The zero-order valence-corrected chi connectivity index (χ0v) is 19.0. The number of morpholine rings is 1. The highest BCUT2D eigenvalue weighted by molar-refractivity contribution is 5.94. The van der Waals surface area contributed by atoms with Crippen molar-refractivity contribution in [1.29, 1.82) is 0 Å². The molecule has 35 heavy (non-hydrogen) atoms. The summed E-state index contributed by atoms with van der Waals surface area (Å²) < 4.78 is 49.3. The van der Waals surface area contributed by atoms with Crippen molar-refractivity contribution < 1.29 is 32.0 Å². The van der Waals surface area contributed by atoms with Crippen LogP contribution in [0.1, 0.15) is 30.1 Å². The Morgan fingerprint density at radius 2 is 1.94 bits per heavy atom. The molecule has 0 spiro atoms. The quantitative estimate of drug-likeness (QED) is 0.562. The van der Waals surface area contributed by atoms with Crippen molar-refractivity contribution in [1.82, 2.24) is 30.1 Å². The number of ether oxygens (including phenoxy) is 1. The molecule has 1 aliphatic heterocycles. The molecule has 0 aliphatic carbocycles. The molecule has 0 bridgehead atoms. The van der Waals surface area contributed by atoms with Crippen LogP contribution in [0.3, 0.4) is 0 Å². The summed E-state index contributed by atoms with van der Waals surface area (Å²) in [5, 5.41) is 10.3. The van der Waals surface area contributed by atoms with E-state index in [1.165, 1.54) is 24.3 Å². The lowest BCUT2D eigenvalue weighted by molar-refractivity contribution is -0.159. The summed E-state index contributed by atoms with van der Waals surface area (Å²) in [5.74, 6) is -2.24. The topological polar surface area (TPSA) is 115 Å². The van der Waals surface area contributed by atoms with Gasteiger partial charge in [-0.3, -0.25) is 14.3 Å². The molecule has 3 heterocycles. The maximum atomic E-state index is 13.3. The van der Waals surface area contributed by atoms with Gasteiger partial charge < -0.3 is 19.5 Å². The largest absolute Gasteiger partial charge is 0.471 e. The average molecular weight is 492 g/mol. The molecule has 1 fully saturated rings. The number of hydrogen-bond donors (Lipinski definition) is 1. The van der Waals surface area contributed by atoms with E-state index in [-0.39, 0.29) is 42.1 Å². The number of halogens is 3. The average Bonchev–Trinajstić information content (AvgIpc) is 3.55. The van der Waals surface area contributed by atoms with Gasteiger partial charge in [0.15, 0.2) is 0 Å². The number of nitrogens with one attached hydrogen (secondary N) is 1. The lowest BCUT2D eigenvalue weighted by Crippen LogP contribution is -2.58. The first-order chi connectivity index (χ1) is 16.6. The van der Waals surface area contributed by atoms with E-state index in [0.29, 0.717) is 13.2 Å². The Labute approximate surface area is 198 Å². The van der Waals surface area contributed by atoms with Crippen LogP contribution in [0.15, 0.2) is 47.2 Å². The van der Waals surface area contributed by atoms with Crippen LogP contribution in [-0.4, -0.2) is 69.0 Å². The molecule has 13 heteroatoms. The third kappa shape index (κ3) is 5.19. The highest BCUT2D eigenvalue weighted by Crippen LogP contribution is 2.29. The minimum Gasteiger partial charge on any atom is -0.377 e. The van der Waals surface area contributed by atoms with E-state index < -0.39 is 23.5 Å². The van der Waals surface area contributed by atoms with Gasteiger partial charge in [0, 0.05) is 36.6 Å². The van der Waals surface area contributed by atoms with Gasteiger partial charge in [-0.1, -0.05) is 17.3 Å². The summed E-state index contributed by atoms with van der Waals surface area (Å²) in [7, 11) is 0. The van der Waals surface area contributed by atoms with Crippen LogP contribution in [0.4, 0.5) is 13.2 Å². The summed E-state index contributed by atoms with van der Waals surface area (Å²) in [4.78, 5) is 31.0. The molecule has 2 aromatic heterocycles. The monoisotopic (exact) mass is 492 g/mol. The predicted octanol–water partition coefficient (Wildman–Crippen LogP) is 2.34. The molecular formula is C22H23F3N6O4. The molecule has 0 saturated carbocycles. The van der Waals surface area contributed by atoms with Crippen LogP contribution in [0.25, 0.3) is 11.4 Å². The predicted molar refractivity (Wildman–Crippen MR) is 115 cm³/mol. The van der Waals surface area contributed by atoms with Crippen LogP contribution in [0.2, 0.25) is 0 Å². The minimum atomic E-state index is -4.74. The number of rotatable bonds is 6. The molecule has 4 rings (SSSR count). The number of carbonyl (C=O) groups excluding carboxylic acids is 2.